The van der Waals surface area contributed by atoms with Gasteiger partial charge in [0.25, 0.3) is 0 Å². The van der Waals surface area contributed by atoms with Crippen LogP contribution in [0.15, 0.2) is 0 Å². The third-order valence-corrected chi connectivity index (χ3v) is 6.82. The Morgan fingerprint density at radius 1 is 0.850 bits per heavy atom. The van der Waals surface area contributed by atoms with Crippen LogP contribution in [0.5, 0.6) is 0 Å². The summed E-state index contributed by atoms with van der Waals surface area (Å²) in [5, 5.41) is 0. The van der Waals surface area contributed by atoms with Crippen molar-refractivity contribution in [3.63, 3.8) is 0 Å². The lowest BCUT2D eigenvalue weighted by Crippen LogP contribution is -2.30. The molecule has 2 heterocycles. The van der Waals surface area contributed by atoms with Gasteiger partial charge in [-0.25, -0.2) is 0 Å². The zero-order valence-electron chi connectivity index (χ0n) is 13.4. The van der Waals surface area contributed by atoms with Crippen LogP contribution in [0.25, 0.3) is 0 Å². The van der Waals surface area contributed by atoms with Gasteiger partial charge in [-0.15, -0.1) is 0 Å². The first-order valence-electron chi connectivity index (χ1n) is 8.53. The minimum absolute atomic E-state index is 0.600. The third kappa shape index (κ3) is 8.40. The van der Waals surface area contributed by atoms with Gasteiger partial charge in [0, 0.05) is 6.61 Å². The molecule has 3 nitrogen and oxygen atoms in total. The summed E-state index contributed by atoms with van der Waals surface area (Å²) in [6.07, 6.45) is 11.6. The Kier molecular flexibility index (Phi) is 7.01. The molecule has 2 unspecified atom stereocenters. The zero-order chi connectivity index (χ0) is 14.3. The van der Waals surface area contributed by atoms with Crippen LogP contribution in [-0.4, -0.2) is 40.3 Å². The van der Waals surface area contributed by atoms with Crippen molar-refractivity contribution in [1.29, 1.82) is 0 Å². The highest BCUT2D eigenvalue weighted by molar-refractivity contribution is 6.71. The van der Waals surface area contributed by atoms with Gasteiger partial charge in [0.1, 0.15) is 0 Å². The smallest absolute Gasteiger partial charge is 0.186 e. The standard InChI is InChI=1S/C16H32O3Si/c1-20(2,12-8-4-6-10-16-14-18-16)19-11-7-3-5-9-15-13-17-15/h15-16H,3-14H2,1-2H3. The number of unbranched alkanes of at least 4 members (excludes halogenated alkanes) is 4. The summed E-state index contributed by atoms with van der Waals surface area (Å²) in [4.78, 5) is 0. The summed E-state index contributed by atoms with van der Waals surface area (Å²) in [5.41, 5.74) is 0. The van der Waals surface area contributed by atoms with E-state index in [0.717, 1.165) is 19.8 Å². The molecule has 2 aliphatic heterocycles. The number of ether oxygens (including phenoxy) is 2. The van der Waals surface area contributed by atoms with E-state index in [1.165, 1.54) is 57.4 Å². The number of hydrogen-bond acceptors (Lipinski definition) is 3. The van der Waals surface area contributed by atoms with Gasteiger partial charge in [0.15, 0.2) is 8.32 Å². The average Bonchev–Trinajstić information content (AvgIpc) is 3.26. The SMILES string of the molecule is C[Si](C)(CCCCCC1CO1)OCCCCCC1CO1. The highest BCUT2D eigenvalue weighted by Gasteiger charge is 2.23. The highest BCUT2D eigenvalue weighted by Crippen LogP contribution is 2.21. The summed E-state index contributed by atoms with van der Waals surface area (Å²) >= 11 is 0. The van der Waals surface area contributed by atoms with Crippen molar-refractivity contribution in [1.82, 2.24) is 0 Å². The molecule has 0 amide bonds. The normalized spacial score (nSPS) is 24.9. The molecule has 0 N–H and O–H groups in total. The largest absolute Gasteiger partial charge is 0.417 e. The molecular weight excluding hydrogens is 268 g/mol. The predicted molar refractivity (Wildman–Crippen MR) is 84.7 cm³/mol. The second-order valence-electron chi connectivity index (χ2n) is 6.97. The molecule has 0 aromatic carbocycles. The van der Waals surface area contributed by atoms with Gasteiger partial charge in [0.05, 0.1) is 25.4 Å². The highest BCUT2D eigenvalue weighted by atomic mass is 28.4. The van der Waals surface area contributed by atoms with E-state index in [2.05, 4.69) is 13.1 Å². The lowest BCUT2D eigenvalue weighted by atomic mass is 10.2. The monoisotopic (exact) mass is 300 g/mol. The van der Waals surface area contributed by atoms with Crippen molar-refractivity contribution < 1.29 is 13.9 Å². The number of epoxide rings is 2. The second-order valence-corrected chi connectivity index (χ2v) is 11.3. The Balaban J connectivity index is 1.36. The first-order valence-corrected chi connectivity index (χ1v) is 11.6. The minimum atomic E-state index is -1.39. The molecule has 0 bridgehead atoms. The van der Waals surface area contributed by atoms with Gasteiger partial charge in [-0.3, -0.25) is 0 Å². The van der Waals surface area contributed by atoms with E-state index in [9.17, 15) is 0 Å². The Labute approximate surface area is 125 Å². The van der Waals surface area contributed by atoms with Crippen molar-refractivity contribution >= 4 is 8.32 Å². The van der Waals surface area contributed by atoms with Gasteiger partial charge in [-0.2, -0.15) is 0 Å². The van der Waals surface area contributed by atoms with E-state index in [4.69, 9.17) is 13.9 Å². The van der Waals surface area contributed by atoms with Crippen molar-refractivity contribution in [2.24, 2.45) is 0 Å². The fraction of sp³-hybridized carbons (Fsp3) is 1.00. The number of rotatable bonds is 13. The van der Waals surface area contributed by atoms with Crippen LogP contribution >= 0.6 is 0 Å². The van der Waals surface area contributed by atoms with Crippen LogP contribution in [0, 0.1) is 0 Å². The Morgan fingerprint density at radius 2 is 1.40 bits per heavy atom. The topological polar surface area (TPSA) is 34.3 Å². The van der Waals surface area contributed by atoms with Crippen molar-refractivity contribution in [2.75, 3.05) is 19.8 Å². The quantitative estimate of drug-likeness (QED) is 0.291. The number of hydrogen-bond donors (Lipinski definition) is 0. The van der Waals surface area contributed by atoms with Gasteiger partial charge in [-0.05, 0) is 38.4 Å². The van der Waals surface area contributed by atoms with Gasteiger partial charge < -0.3 is 13.9 Å². The molecule has 0 aromatic rings. The third-order valence-electron chi connectivity index (χ3n) is 4.27. The van der Waals surface area contributed by atoms with Crippen molar-refractivity contribution in [3.05, 3.63) is 0 Å². The zero-order valence-corrected chi connectivity index (χ0v) is 14.4. The molecule has 0 aromatic heterocycles. The lowest BCUT2D eigenvalue weighted by Gasteiger charge is -2.22. The van der Waals surface area contributed by atoms with Crippen molar-refractivity contribution in [3.8, 4) is 0 Å². The van der Waals surface area contributed by atoms with E-state index in [1.54, 1.807) is 0 Å². The molecule has 4 heteroatoms. The van der Waals surface area contributed by atoms with E-state index < -0.39 is 8.32 Å². The van der Waals surface area contributed by atoms with Crippen LogP contribution < -0.4 is 0 Å². The van der Waals surface area contributed by atoms with E-state index in [0.29, 0.717) is 12.2 Å². The minimum Gasteiger partial charge on any atom is -0.417 e. The summed E-state index contributed by atoms with van der Waals surface area (Å²) in [6, 6.07) is 1.31. The van der Waals surface area contributed by atoms with Gasteiger partial charge in [0.2, 0.25) is 0 Å². The molecule has 0 spiro atoms. The summed E-state index contributed by atoms with van der Waals surface area (Å²) in [5.74, 6) is 0. The second kappa shape index (κ2) is 8.52. The van der Waals surface area contributed by atoms with Crippen molar-refractivity contribution in [2.45, 2.75) is 82.7 Å². The van der Waals surface area contributed by atoms with Crippen LogP contribution in [-0.2, 0) is 13.9 Å². The Hall–Kier alpha value is 0.0969. The predicted octanol–water partition coefficient (Wildman–Crippen LogP) is 4.13. The lowest BCUT2D eigenvalue weighted by molar-refractivity contribution is 0.291. The fourth-order valence-electron chi connectivity index (χ4n) is 2.64. The summed E-state index contributed by atoms with van der Waals surface area (Å²) in [7, 11) is -1.39. The van der Waals surface area contributed by atoms with Gasteiger partial charge in [-0.1, -0.05) is 32.1 Å². The van der Waals surface area contributed by atoms with Crippen LogP contribution in [0.1, 0.15) is 51.4 Å². The molecule has 118 valence electrons. The van der Waals surface area contributed by atoms with E-state index in [-0.39, 0.29) is 0 Å². The Bertz CT molecular complexity index is 262. The average molecular weight is 301 g/mol. The summed E-state index contributed by atoms with van der Waals surface area (Å²) < 4.78 is 16.6. The molecule has 2 atom stereocenters. The molecule has 2 fully saturated rings. The van der Waals surface area contributed by atoms with Crippen LogP contribution in [0.4, 0.5) is 0 Å². The molecular formula is C16H32O3Si. The maximum absolute atomic E-state index is 6.18. The maximum atomic E-state index is 6.18. The fourth-order valence-corrected chi connectivity index (χ4v) is 4.58. The first kappa shape index (κ1) is 16.5. The molecule has 2 saturated heterocycles. The van der Waals surface area contributed by atoms with E-state index in [1.807, 2.05) is 0 Å². The summed E-state index contributed by atoms with van der Waals surface area (Å²) in [6.45, 7) is 7.73. The Morgan fingerprint density at radius 3 is 1.95 bits per heavy atom. The molecule has 0 radical (unpaired) electrons. The van der Waals surface area contributed by atoms with E-state index >= 15 is 0 Å². The van der Waals surface area contributed by atoms with Crippen LogP contribution in [0.2, 0.25) is 19.1 Å². The first-order chi connectivity index (χ1) is 9.66. The van der Waals surface area contributed by atoms with Gasteiger partial charge >= 0.3 is 0 Å². The molecule has 20 heavy (non-hydrogen) atoms. The maximum Gasteiger partial charge on any atom is 0.186 e. The molecule has 0 saturated carbocycles. The van der Waals surface area contributed by atoms with Crippen LogP contribution in [0.3, 0.4) is 0 Å². The molecule has 2 rings (SSSR count). The molecule has 0 aliphatic carbocycles. The molecule has 2 aliphatic rings.